The van der Waals surface area contributed by atoms with Crippen molar-refractivity contribution < 1.29 is 10.3 Å². The van der Waals surface area contributed by atoms with E-state index in [0.717, 1.165) is 13.1 Å². The van der Waals surface area contributed by atoms with E-state index in [1.54, 1.807) is 6.92 Å². The Morgan fingerprint density at radius 2 is 1.60 bits per heavy atom. The Kier molecular flexibility index (Phi) is 8.44. The maximum absolute atomic E-state index is 11.5. The van der Waals surface area contributed by atoms with E-state index in [1.807, 2.05) is 37.8 Å². The summed E-state index contributed by atoms with van der Waals surface area (Å²) >= 11 is 2.15. The minimum absolute atomic E-state index is 0.101. The number of alkyl halides is 1. The summed E-state index contributed by atoms with van der Waals surface area (Å²) in [6, 6.07) is 9.47. The molecule has 1 aliphatic heterocycles. The summed E-state index contributed by atoms with van der Waals surface area (Å²) in [6.07, 6.45) is 0. The quantitative estimate of drug-likeness (QED) is 0.401. The number of hydrogen-bond acceptors (Lipinski definition) is 4. The molecule has 0 radical (unpaired) electrons. The summed E-state index contributed by atoms with van der Waals surface area (Å²) in [7, 11) is 0. The molecule has 0 saturated heterocycles. The summed E-state index contributed by atoms with van der Waals surface area (Å²) in [6.45, 7) is 9.33. The molecular weight excluding hydrogens is 431 g/mol. The second-order valence-electron chi connectivity index (χ2n) is 5.56. The molecular formula is C19H27IN2O3. The highest BCUT2D eigenvalue weighted by molar-refractivity contribution is 14.1. The highest BCUT2D eigenvalue weighted by Crippen LogP contribution is 2.35. The molecule has 0 amide bonds. The molecule has 6 heteroatoms. The Bertz CT molecular complexity index is 734. The van der Waals surface area contributed by atoms with Crippen molar-refractivity contribution in [1.29, 1.82) is 0 Å². The van der Waals surface area contributed by atoms with Crippen LogP contribution in [0.2, 0.25) is 0 Å². The first-order valence-electron chi connectivity index (χ1n) is 8.32. The number of aromatic nitrogens is 1. The number of rotatable bonds is 2. The molecule has 1 aromatic carbocycles. The van der Waals surface area contributed by atoms with Crippen LogP contribution in [0, 0.1) is 6.92 Å². The van der Waals surface area contributed by atoms with Crippen molar-refractivity contribution in [2.75, 3.05) is 4.93 Å². The van der Waals surface area contributed by atoms with Gasteiger partial charge in [-0.3, -0.25) is 9.69 Å². The van der Waals surface area contributed by atoms with E-state index in [4.69, 9.17) is 0 Å². The summed E-state index contributed by atoms with van der Waals surface area (Å²) in [5.41, 5.74) is 3.21. The molecule has 1 aliphatic rings. The third-order valence-electron chi connectivity index (χ3n) is 4.25. The fourth-order valence-corrected chi connectivity index (χ4v) is 3.05. The van der Waals surface area contributed by atoms with Crippen LogP contribution in [0.4, 0.5) is 0 Å². The van der Waals surface area contributed by atoms with Gasteiger partial charge in [-0.2, -0.15) is 0 Å². The second-order valence-corrected chi connectivity index (χ2v) is 5.56. The number of fused-ring (bicyclic) bond motifs is 1. The first-order chi connectivity index (χ1) is 12.0. The van der Waals surface area contributed by atoms with Gasteiger partial charge >= 0.3 is 0 Å². The Labute approximate surface area is 163 Å². The van der Waals surface area contributed by atoms with E-state index >= 15 is 0 Å². The molecule has 0 aliphatic carbocycles. The lowest BCUT2D eigenvalue weighted by Crippen LogP contribution is -2.25. The van der Waals surface area contributed by atoms with E-state index in [-0.39, 0.29) is 11.9 Å². The first-order valence-corrected chi connectivity index (χ1v) is 10.5. The Balaban J connectivity index is 0.000000730. The van der Waals surface area contributed by atoms with Gasteiger partial charge in [0.25, 0.3) is 5.56 Å². The SMILES string of the molecule is CC.CI.Cc1cc(=O)n(O)c(O)c1C(C)N1Cc2ccccc2C1. The van der Waals surface area contributed by atoms with Crippen LogP contribution in [0.15, 0.2) is 35.1 Å². The van der Waals surface area contributed by atoms with Gasteiger partial charge in [0.05, 0.1) is 0 Å². The van der Waals surface area contributed by atoms with Gasteiger partial charge in [-0.25, -0.2) is 0 Å². The van der Waals surface area contributed by atoms with Gasteiger partial charge in [0.1, 0.15) is 0 Å². The molecule has 1 unspecified atom stereocenters. The fraction of sp³-hybridized carbons (Fsp3) is 0.421. The van der Waals surface area contributed by atoms with E-state index < -0.39 is 5.56 Å². The number of aryl methyl sites for hydroxylation is 1. The molecule has 3 rings (SSSR count). The smallest absolute Gasteiger partial charge is 0.286 e. The predicted octanol–water partition coefficient (Wildman–Crippen LogP) is 4.25. The van der Waals surface area contributed by atoms with Gasteiger partial charge in [0, 0.05) is 30.8 Å². The molecule has 2 heterocycles. The fourth-order valence-electron chi connectivity index (χ4n) is 3.05. The maximum atomic E-state index is 11.5. The molecule has 0 spiro atoms. The molecule has 0 bridgehead atoms. The lowest BCUT2D eigenvalue weighted by atomic mass is 10.0. The van der Waals surface area contributed by atoms with Crippen molar-refractivity contribution in [3.8, 4) is 5.88 Å². The lowest BCUT2D eigenvalue weighted by Gasteiger charge is -2.26. The van der Waals surface area contributed by atoms with Crippen LogP contribution in [-0.2, 0) is 13.1 Å². The minimum Gasteiger partial charge on any atom is -0.492 e. The maximum Gasteiger partial charge on any atom is 0.286 e. The van der Waals surface area contributed by atoms with Crippen LogP contribution in [-0.4, -0.2) is 24.9 Å². The van der Waals surface area contributed by atoms with Gasteiger partial charge in [0.15, 0.2) is 0 Å². The van der Waals surface area contributed by atoms with Crippen molar-refractivity contribution in [2.24, 2.45) is 0 Å². The molecule has 1 atom stereocenters. The minimum atomic E-state index is -0.620. The number of aromatic hydroxyl groups is 1. The van der Waals surface area contributed by atoms with Crippen molar-refractivity contribution >= 4 is 22.6 Å². The molecule has 2 aromatic rings. The predicted molar refractivity (Wildman–Crippen MR) is 110 cm³/mol. The van der Waals surface area contributed by atoms with Crippen molar-refractivity contribution in [2.45, 2.75) is 46.8 Å². The Hall–Kier alpha value is -1.54. The third-order valence-corrected chi connectivity index (χ3v) is 4.25. The number of benzene rings is 1. The topological polar surface area (TPSA) is 65.7 Å². The Morgan fingerprint density at radius 1 is 1.12 bits per heavy atom. The zero-order valence-electron chi connectivity index (χ0n) is 15.5. The average Bonchev–Trinajstić information content (AvgIpc) is 3.07. The largest absolute Gasteiger partial charge is 0.492 e. The van der Waals surface area contributed by atoms with Gasteiger partial charge in [0.2, 0.25) is 5.88 Å². The average molecular weight is 458 g/mol. The number of nitrogens with zero attached hydrogens (tertiary/aromatic N) is 2. The highest BCUT2D eigenvalue weighted by atomic mass is 127. The highest BCUT2D eigenvalue weighted by Gasteiger charge is 2.27. The van der Waals surface area contributed by atoms with Crippen LogP contribution in [0.5, 0.6) is 5.88 Å². The summed E-state index contributed by atoms with van der Waals surface area (Å²) in [5.74, 6) is -0.372. The van der Waals surface area contributed by atoms with Crippen LogP contribution >= 0.6 is 22.6 Å². The van der Waals surface area contributed by atoms with E-state index in [1.165, 1.54) is 17.2 Å². The first kappa shape index (κ1) is 21.5. The van der Waals surface area contributed by atoms with E-state index in [9.17, 15) is 15.1 Å². The number of pyridine rings is 1. The molecule has 0 saturated carbocycles. The number of halogens is 1. The van der Waals surface area contributed by atoms with Crippen molar-refractivity contribution in [1.82, 2.24) is 9.63 Å². The van der Waals surface area contributed by atoms with Crippen LogP contribution in [0.3, 0.4) is 0 Å². The van der Waals surface area contributed by atoms with Crippen LogP contribution < -0.4 is 5.56 Å². The van der Waals surface area contributed by atoms with Gasteiger partial charge in [-0.15, -0.1) is 4.73 Å². The normalized spacial score (nSPS) is 13.8. The van der Waals surface area contributed by atoms with Crippen molar-refractivity contribution in [3.63, 3.8) is 0 Å². The summed E-state index contributed by atoms with van der Waals surface area (Å²) in [4.78, 5) is 15.7. The summed E-state index contributed by atoms with van der Waals surface area (Å²) < 4.78 is 0.308. The van der Waals surface area contributed by atoms with E-state index in [2.05, 4.69) is 39.6 Å². The van der Waals surface area contributed by atoms with Crippen LogP contribution in [0.25, 0.3) is 0 Å². The molecule has 1 aromatic heterocycles. The molecule has 0 fully saturated rings. The van der Waals surface area contributed by atoms with Crippen molar-refractivity contribution in [3.05, 3.63) is 62.9 Å². The second kappa shape index (κ2) is 9.82. The van der Waals surface area contributed by atoms with Gasteiger partial charge in [-0.05, 0) is 35.5 Å². The van der Waals surface area contributed by atoms with Gasteiger partial charge < -0.3 is 10.3 Å². The lowest BCUT2D eigenvalue weighted by molar-refractivity contribution is 0.134. The standard InChI is InChI=1S/C16H18N2O3.C2H6.CH3I/c1-10-7-14(19)18(21)16(20)15(10)11(2)17-8-12-5-3-4-6-13(12)9-17;2*1-2/h3-7,11,20-21H,8-9H2,1-2H3;1-2H3;1H3. The van der Waals surface area contributed by atoms with Gasteiger partial charge in [-0.1, -0.05) is 60.7 Å². The third kappa shape index (κ3) is 4.55. The van der Waals surface area contributed by atoms with Crippen LogP contribution in [0.1, 0.15) is 49.1 Å². The molecule has 2 N–H and O–H groups in total. The zero-order valence-corrected chi connectivity index (χ0v) is 17.6. The van der Waals surface area contributed by atoms with E-state index in [0.29, 0.717) is 15.9 Å². The zero-order chi connectivity index (χ0) is 19.1. The summed E-state index contributed by atoms with van der Waals surface area (Å²) in [5, 5.41) is 19.7. The molecule has 25 heavy (non-hydrogen) atoms. The monoisotopic (exact) mass is 458 g/mol. The number of hydrogen-bond donors (Lipinski definition) is 2. The molecule has 138 valence electrons. The molecule has 5 nitrogen and oxygen atoms in total. The Morgan fingerprint density at radius 3 is 2.08 bits per heavy atom.